The Morgan fingerprint density at radius 3 is 2.55 bits per heavy atom. The van der Waals surface area contributed by atoms with Crippen LogP contribution in [-0.2, 0) is 4.79 Å². The summed E-state index contributed by atoms with van der Waals surface area (Å²) in [5, 5.41) is 8.94. The van der Waals surface area contributed by atoms with Gasteiger partial charge in [-0.1, -0.05) is 0 Å². The normalized spacial score (nSPS) is 8.45. The van der Waals surface area contributed by atoms with E-state index in [2.05, 4.69) is 4.99 Å². The summed E-state index contributed by atoms with van der Waals surface area (Å²) in [6.07, 6.45) is 0. The van der Waals surface area contributed by atoms with E-state index < -0.39 is 11.9 Å². The molecular formula is C4H8ClN5O. The molecule has 0 aliphatic heterocycles. The number of aliphatic imine (C=N–C) groups is 1. The van der Waals surface area contributed by atoms with E-state index >= 15 is 0 Å². The standard InChI is InChI=1S/C4H8ClN5O/c5-1-2(11)9-4(8)10-3(6)7/h1H2,(H6,6,7,8,9,10,11). The molecule has 0 aliphatic rings. The van der Waals surface area contributed by atoms with Crippen LogP contribution in [0.5, 0.6) is 0 Å². The number of carbonyl (C=O) groups excluding carboxylic acids is 1. The lowest BCUT2D eigenvalue weighted by Gasteiger charge is -1.98. The van der Waals surface area contributed by atoms with Crippen LogP contribution in [0.15, 0.2) is 4.99 Å². The Balaban J connectivity index is 3.89. The third-order valence-corrected chi connectivity index (χ3v) is 0.863. The molecule has 0 aromatic heterocycles. The number of nitrogens with zero attached hydrogens (tertiary/aromatic N) is 1. The van der Waals surface area contributed by atoms with Crippen molar-refractivity contribution in [3.05, 3.63) is 0 Å². The highest BCUT2D eigenvalue weighted by molar-refractivity contribution is 6.28. The van der Waals surface area contributed by atoms with Gasteiger partial charge in [-0.2, -0.15) is 4.99 Å². The van der Waals surface area contributed by atoms with Crippen molar-refractivity contribution < 1.29 is 4.79 Å². The van der Waals surface area contributed by atoms with E-state index in [-0.39, 0.29) is 11.8 Å². The number of nitrogens with two attached hydrogens (primary N) is 2. The maximum Gasteiger partial charge on any atom is 0.241 e. The molecule has 0 bridgehead atoms. The van der Waals surface area contributed by atoms with Crippen LogP contribution in [0.25, 0.3) is 0 Å². The molecule has 6 nitrogen and oxygen atoms in total. The van der Waals surface area contributed by atoms with Gasteiger partial charge in [0, 0.05) is 0 Å². The molecule has 0 radical (unpaired) electrons. The molecule has 0 heterocycles. The van der Waals surface area contributed by atoms with Crippen molar-refractivity contribution in [2.24, 2.45) is 16.5 Å². The Bertz CT molecular complexity index is 197. The third kappa shape index (κ3) is 5.16. The highest BCUT2D eigenvalue weighted by Gasteiger charge is 2.00. The predicted octanol–water partition coefficient (Wildman–Crippen LogP) is -1.45. The average molecular weight is 178 g/mol. The second-order valence-electron chi connectivity index (χ2n) is 1.57. The van der Waals surface area contributed by atoms with Crippen LogP contribution in [0.1, 0.15) is 0 Å². The van der Waals surface area contributed by atoms with E-state index in [4.69, 9.17) is 28.5 Å². The first-order valence-electron chi connectivity index (χ1n) is 2.60. The van der Waals surface area contributed by atoms with Gasteiger partial charge < -0.3 is 11.5 Å². The fourth-order valence-electron chi connectivity index (χ4n) is 0.323. The Morgan fingerprint density at radius 2 is 2.18 bits per heavy atom. The zero-order valence-electron chi connectivity index (χ0n) is 5.60. The quantitative estimate of drug-likeness (QED) is 0.223. The molecule has 0 rings (SSSR count). The van der Waals surface area contributed by atoms with Gasteiger partial charge in [0.15, 0.2) is 5.96 Å². The molecule has 0 fully saturated rings. The van der Waals surface area contributed by atoms with Crippen LogP contribution in [0.2, 0.25) is 0 Å². The number of hydrogen-bond acceptors (Lipinski definition) is 2. The Kier molecular flexibility index (Phi) is 3.97. The zero-order chi connectivity index (χ0) is 8.85. The second kappa shape index (κ2) is 4.51. The highest BCUT2D eigenvalue weighted by atomic mass is 35.5. The van der Waals surface area contributed by atoms with E-state index in [1.54, 1.807) is 0 Å². The topological polar surface area (TPSA) is 117 Å². The molecule has 0 atom stereocenters. The second-order valence-corrected chi connectivity index (χ2v) is 1.83. The van der Waals surface area contributed by atoms with Gasteiger partial charge in [0.05, 0.1) is 0 Å². The molecule has 6 N–H and O–H groups in total. The summed E-state index contributed by atoms with van der Waals surface area (Å²) in [6, 6.07) is 0. The van der Waals surface area contributed by atoms with Crippen molar-refractivity contribution in [1.29, 1.82) is 5.41 Å². The first-order valence-corrected chi connectivity index (χ1v) is 3.13. The lowest BCUT2D eigenvalue weighted by atomic mass is 10.7. The summed E-state index contributed by atoms with van der Waals surface area (Å²) in [5.74, 6) is -1.47. The SMILES string of the molecule is N=C(N=C(N)N)NC(=O)CCl. The molecule has 62 valence electrons. The van der Waals surface area contributed by atoms with Gasteiger partial charge in [0.25, 0.3) is 0 Å². The first kappa shape index (κ1) is 9.70. The first-order chi connectivity index (χ1) is 5.06. The summed E-state index contributed by atoms with van der Waals surface area (Å²) < 4.78 is 0. The maximum atomic E-state index is 10.5. The summed E-state index contributed by atoms with van der Waals surface area (Å²) in [6.45, 7) is 0. The molecule has 0 aromatic rings. The number of hydrogen-bond donors (Lipinski definition) is 4. The highest BCUT2D eigenvalue weighted by Crippen LogP contribution is 1.75. The molecule has 7 heteroatoms. The van der Waals surface area contributed by atoms with Crippen LogP contribution < -0.4 is 16.8 Å². The Hall–Kier alpha value is -1.30. The fraction of sp³-hybridized carbons (Fsp3) is 0.250. The van der Waals surface area contributed by atoms with Crippen molar-refractivity contribution >= 4 is 29.4 Å². The van der Waals surface area contributed by atoms with Crippen LogP contribution in [0, 0.1) is 5.41 Å². The fourth-order valence-corrected chi connectivity index (χ4v) is 0.389. The largest absolute Gasteiger partial charge is 0.370 e. The molecular weight excluding hydrogens is 170 g/mol. The molecule has 11 heavy (non-hydrogen) atoms. The summed E-state index contributed by atoms with van der Waals surface area (Å²) in [7, 11) is 0. The Labute approximate surface area is 68.1 Å². The molecule has 0 spiro atoms. The van der Waals surface area contributed by atoms with Gasteiger partial charge in [0.1, 0.15) is 5.88 Å². The molecule has 1 amide bonds. The van der Waals surface area contributed by atoms with Crippen molar-refractivity contribution in [2.45, 2.75) is 0 Å². The zero-order valence-corrected chi connectivity index (χ0v) is 6.35. The van der Waals surface area contributed by atoms with Crippen LogP contribution in [-0.4, -0.2) is 23.7 Å². The van der Waals surface area contributed by atoms with Crippen molar-refractivity contribution in [1.82, 2.24) is 5.32 Å². The summed E-state index contributed by atoms with van der Waals surface area (Å²) in [5.41, 5.74) is 9.83. The summed E-state index contributed by atoms with van der Waals surface area (Å²) in [4.78, 5) is 13.7. The van der Waals surface area contributed by atoms with Crippen molar-refractivity contribution in [3.63, 3.8) is 0 Å². The van der Waals surface area contributed by atoms with Gasteiger partial charge in [-0.3, -0.25) is 15.5 Å². The van der Waals surface area contributed by atoms with E-state index in [1.165, 1.54) is 0 Å². The number of carbonyl (C=O) groups is 1. The Morgan fingerprint density at radius 1 is 1.64 bits per heavy atom. The lowest BCUT2D eigenvalue weighted by molar-refractivity contribution is -0.117. The number of guanidine groups is 2. The molecule has 0 aliphatic carbocycles. The monoisotopic (exact) mass is 177 g/mol. The van der Waals surface area contributed by atoms with Gasteiger partial charge in [-0.25, -0.2) is 0 Å². The number of nitrogens with one attached hydrogen (secondary N) is 2. The average Bonchev–Trinajstić information content (AvgIpc) is 1.85. The van der Waals surface area contributed by atoms with E-state index in [0.29, 0.717) is 0 Å². The number of alkyl halides is 1. The maximum absolute atomic E-state index is 10.5. The van der Waals surface area contributed by atoms with Gasteiger partial charge in [0.2, 0.25) is 11.9 Å². The minimum absolute atomic E-state index is 0.234. The predicted molar refractivity (Wildman–Crippen MR) is 42.4 cm³/mol. The van der Waals surface area contributed by atoms with Crippen molar-refractivity contribution in [2.75, 3.05) is 5.88 Å². The van der Waals surface area contributed by atoms with Crippen LogP contribution in [0.4, 0.5) is 0 Å². The molecule has 0 saturated carbocycles. The number of rotatable bonds is 1. The van der Waals surface area contributed by atoms with E-state index in [9.17, 15) is 4.79 Å². The van der Waals surface area contributed by atoms with Crippen LogP contribution in [0.3, 0.4) is 0 Å². The third-order valence-electron chi connectivity index (χ3n) is 0.620. The smallest absolute Gasteiger partial charge is 0.241 e. The van der Waals surface area contributed by atoms with Crippen LogP contribution >= 0.6 is 11.6 Å². The lowest BCUT2D eigenvalue weighted by Crippen LogP contribution is -2.33. The minimum atomic E-state index is -0.526. The number of halogens is 1. The molecule has 0 saturated heterocycles. The van der Waals surface area contributed by atoms with Gasteiger partial charge in [-0.15, -0.1) is 11.6 Å². The minimum Gasteiger partial charge on any atom is -0.370 e. The summed E-state index contributed by atoms with van der Waals surface area (Å²) >= 11 is 5.11. The van der Waals surface area contributed by atoms with Crippen molar-refractivity contribution in [3.8, 4) is 0 Å². The van der Waals surface area contributed by atoms with Gasteiger partial charge in [-0.05, 0) is 0 Å². The molecule has 0 aromatic carbocycles. The number of amides is 1. The van der Waals surface area contributed by atoms with E-state index in [0.717, 1.165) is 0 Å². The molecule has 0 unspecified atom stereocenters. The van der Waals surface area contributed by atoms with E-state index in [1.807, 2.05) is 5.32 Å². The van der Waals surface area contributed by atoms with Gasteiger partial charge >= 0.3 is 0 Å².